The molecule has 0 heterocycles. The van der Waals surface area contributed by atoms with Gasteiger partial charge in [-0.15, -0.1) is 0 Å². The molecule has 0 aliphatic rings. The van der Waals surface area contributed by atoms with Gasteiger partial charge in [0.1, 0.15) is 17.6 Å². The molecule has 0 saturated carbocycles. The van der Waals surface area contributed by atoms with Crippen LogP contribution in [0.1, 0.15) is 29.8 Å². The molecule has 4 nitrogen and oxygen atoms in total. The van der Waals surface area contributed by atoms with Crippen molar-refractivity contribution in [2.24, 2.45) is 0 Å². The summed E-state index contributed by atoms with van der Waals surface area (Å²) in [5.41, 5.74) is 0.384. The number of ether oxygens (including phenoxy) is 1. The fourth-order valence-electron chi connectivity index (χ4n) is 1.21. The molecule has 1 rings (SSSR count). The lowest BCUT2D eigenvalue weighted by atomic mass is 10.1. The van der Waals surface area contributed by atoms with Gasteiger partial charge in [0, 0.05) is 6.07 Å². The summed E-state index contributed by atoms with van der Waals surface area (Å²) in [7, 11) is 0. The number of Topliss-reactive ketones (excluding diaryl/α,β-unsaturated/α-hetero) is 1. The highest BCUT2D eigenvalue weighted by Gasteiger charge is 2.12. The molecule has 15 heavy (non-hydrogen) atoms. The molecule has 1 aromatic rings. The van der Waals surface area contributed by atoms with E-state index in [0.29, 0.717) is 12.4 Å². The van der Waals surface area contributed by atoms with Crippen molar-refractivity contribution in [2.75, 3.05) is 6.61 Å². The second kappa shape index (κ2) is 4.47. The molecule has 0 aliphatic heterocycles. The minimum atomic E-state index is -0.285. The summed E-state index contributed by atoms with van der Waals surface area (Å²) < 4.78 is 5.15. The number of aromatic hydroxyl groups is 1. The summed E-state index contributed by atoms with van der Waals surface area (Å²) in [4.78, 5) is 11.1. The zero-order valence-electron chi connectivity index (χ0n) is 8.57. The van der Waals surface area contributed by atoms with Gasteiger partial charge in [-0.05, 0) is 19.9 Å². The van der Waals surface area contributed by atoms with E-state index in [2.05, 4.69) is 0 Å². The topological polar surface area (TPSA) is 70.3 Å². The van der Waals surface area contributed by atoms with Crippen LogP contribution in [-0.4, -0.2) is 17.5 Å². The molecular formula is C11H11NO3. The molecule has 1 aromatic carbocycles. The lowest BCUT2D eigenvalue weighted by Gasteiger charge is -2.08. The van der Waals surface area contributed by atoms with Gasteiger partial charge in [-0.1, -0.05) is 0 Å². The number of ketones is 1. The van der Waals surface area contributed by atoms with Crippen LogP contribution in [0, 0.1) is 11.3 Å². The SMILES string of the molecule is CCOc1cc(O)c(C(C)=O)cc1C#N. The summed E-state index contributed by atoms with van der Waals surface area (Å²) in [5.74, 6) is -0.153. The minimum Gasteiger partial charge on any atom is -0.507 e. The van der Waals surface area contributed by atoms with Gasteiger partial charge in [0.25, 0.3) is 0 Å². The molecule has 0 radical (unpaired) electrons. The van der Waals surface area contributed by atoms with Crippen molar-refractivity contribution in [1.29, 1.82) is 5.26 Å². The Morgan fingerprint density at radius 3 is 2.73 bits per heavy atom. The number of nitrogens with zero attached hydrogens (tertiary/aromatic N) is 1. The Labute approximate surface area is 87.7 Å². The number of carbonyl (C=O) groups excluding carboxylic acids is 1. The van der Waals surface area contributed by atoms with Gasteiger partial charge < -0.3 is 9.84 Å². The standard InChI is InChI=1S/C11H11NO3/c1-3-15-11-5-10(14)9(7(2)13)4-8(11)6-12/h4-5,14H,3H2,1-2H3. The number of benzene rings is 1. The summed E-state index contributed by atoms with van der Waals surface area (Å²) in [5, 5.41) is 18.3. The second-order valence-corrected chi connectivity index (χ2v) is 2.97. The Morgan fingerprint density at radius 1 is 1.60 bits per heavy atom. The maximum absolute atomic E-state index is 11.1. The summed E-state index contributed by atoms with van der Waals surface area (Å²) in [6.07, 6.45) is 0. The van der Waals surface area contributed by atoms with Crippen LogP contribution < -0.4 is 4.74 Å². The Balaban J connectivity index is 3.30. The van der Waals surface area contributed by atoms with Gasteiger partial charge >= 0.3 is 0 Å². The molecule has 0 aromatic heterocycles. The Kier molecular flexibility index (Phi) is 3.29. The quantitative estimate of drug-likeness (QED) is 0.764. The minimum absolute atomic E-state index is 0.134. The van der Waals surface area contributed by atoms with E-state index in [1.54, 1.807) is 6.92 Å². The first-order valence-electron chi connectivity index (χ1n) is 4.51. The summed E-state index contributed by atoms with van der Waals surface area (Å²) in [6, 6.07) is 4.54. The molecule has 0 spiro atoms. The number of nitriles is 1. The first-order valence-corrected chi connectivity index (χ1v) is 4.51. The van der Waals surface area contributed by atoms with Crippen molar-refractivity contribution in [3.05, 3.63) is 23.3 Å². The second-order valence-electron chi connectivity index (χ2n) is 2.97. The molecule has 0 amide bonds. The van der Waals surface area contributed by atoms with Crippen molar-refractivity contribution >= 4 is 5.78 Å². The number of phenolic OH excluding ortho intramolecular Hbond substituents is 1. The third-order valence-corrected chi connectivity index (χ3v) is 1.90. The number of rotatable bonds is 3. The van der Waals surface area contributed by atoms with E-state index in [-0.39, 0.29) is 22.7 Å². The third kappa shape index (κ3) is 2.26. The van der Waals surface area contributed by atoms with Gasteiger partial charge in [0.15, 0.2) is 5.78 Å². The molecule has 78 valence electrons. The normalized spacial score (nSPS) is 9.40. The van der Waals surface area contributed by atoms with Crippen molar-refractivity contribution in [3.8, 4) is 17.6 Å². The van der Waals surface area contributed by atoms with E-state index in [4.69, 9.17) is 10.00 Å². The Bertz CT molecular complexity index is 432. The smallest absolute Gasteiger partial charge is 0.163 e. The number of phenols is 1. The van der Waals surface area contributed by atoms with E-state index in [0.717, 1.165) is 0 Å². The monoisotopic (exact) mass is 205 g/mol. The average molecular weight is 205 g/mol. The van der Waals surface area contributed by atoms with Crippen LogP contribution >= 0.6 is 0 Å². The van der Waals surface area contributed by atoms with E-state index in [1.165, 1.54) is 19.1 Å². The zero-order valence-corrected chi connectivity index (χ0v) is 8.57. The Morgan fingerprint density at radius 2 is 2.27 bits per heavy atom. The average Bonchev–Trinajstić information content (AvgIpc) is 2.18. The van der Waals surface area contributed by atoms with E-state index < -0.39 is 0 Å². The van der Waals surface area contributed by atoms with Crippen LogP contribution in [0.4, 0.5) is 0 Å². The maximum Gasteiger partial charge on any atom is 0.163 e. The molecule has 0 saturated heterocycles. The molecule has 0 unspecified atom stereocenters. The largest absolute Gasteiger partial charge is 0.507 e. The number of carbonyl (C=O) groups is 1. The van der Waals surface area contributed by atoms with Crippen LogP contribution in [0.25, 0.3) is 0 Å². The van der Waals surface area contributed by atoms with E-state index in [1.807, 2.05) is 6.07 Å². The van der Waals surface area contributed by atoms with Gasteiger partial charge in [0.05, 0.1) is 17.7 Å². The first-order chi connectivity index (χ1) is 7.10. The summed E-state index contributed by atoms with van der Waals surface area (Å²) in [6.45, 7) is 3.50. The van der Waals surface area contributed by atoms with Crippen LogP contribution in [0.5, 0.6) is 11.5 Å². The first kappa shape index (κ1) is 11.1. The van der Waals surface area contributed by atoms with Crippen molar-refractivity contribution in [3.63, 3.8) is 0 Å². The molecule has 0 aliphatic carbocycles. The van der Waals surface area contributed by atoms with Crippen LogP contribution in [0.3, 0.4) is 0 Å². The highest BCUT2D eigenvalue weighted by molar-refractivity contribution is 5.97. The van der Waals surface area contributed by atoms with Crippen molar-refractivity contribution in [1.82, 2.24) is 0 Å². The van der Waals surface area contributed by atoms with Crippen LogP contribution in [0.15, 0.2) is 12.1 Å². The van der Waals surface area contributed by atoms with Gasteiger partial charge in [-0.3, -0.25) is 4.79 Å². The maximum atomic E-state index is 11.1. The van der Waals surface area contributed by atoms with Gasteiger partial charge in [0.2, 0.25) is 0 Å². The van der Waals surface area contributed by atoms with Crippen molar-refractivity contribution in [2.45, 2.75) is 13.8 Å². The highest BCUT2D eigenvalue weighted by Crippen LogP contribution is 2.28. The fraction of sp³-hybridized carbons (Fsp3) is 0.273. The van der Waals surface area contributed by atoms with E-state index >= 15 is 0 Å². The lowest BCUT2D eigenvalue weighted by molar-refractivity contribution is 0.101. The van der Waals surface area contributed by atoms with Gasteiger partial charge in [-0.25, -0.2) is 0 Å². The van der Waals surface area contributed by atoms with Crippen molar-refractivity contribution < 1.29 is 14.6 Å². The van der Waals surface area contributed by atoms with Crippen LogP contribution in [0.2, 0.25) is 0 Å². The molecular weight excluding hydrogens is 194 g/mol. The molecule has 0 atom stereocenters. The zero-order chi connectivity index (χ0) is 11.4. The predicted octanol–water partition coefficient (Wildman–Crippen LogP) is 1.87. The molecule has 4 heteroatoms. The predicted molar refractivity (Wildman–Crippen MR) is 54.0 cm³/mol. The van der Waals surface area contributed by atoms with Crippen LogP contribution in [-0.2, 0) is 0 Å². The molecule has 0 fully saturated rings. The highest BCUT2D eigenvalue weighted by atomic mass is 16.5. The van der Waals surface area contributed by atoms with E-state index in [9.17, 15) is 9.90 Å². The summed E-state index contributed by atoms with van der Waals surface area (Å²) >= 11 is 0. The molecule has 1 N–H and O–H groups in total. The lowest BCUT2D eigenvalue weighted by Crippen LogP contribution is -1.99. The van der Waals surface area contributed by atoms with Gasteiger partial charge in [-0.2, -0.15) is 5.26 Å². The number of hydrogen-bond acceptors (Lipinski definition) is 4. The molecule has 0 bridgehead atoms. The Hall–Kier alpha value is -2.02. The number of hydrogen-bond donors (Lipinski definition) is 1. The third-order valence-electron chi connectivity index (χ3n) is 1.90. The fourth-order valence-corrected chi connectivity index (χ4v) is 1.21.